The molecule has 0 unspecified atom stereocenters. The molecule has 23 heavy (non-hydrogen) atoms. The van der Waals surface area contributed by atoms with Gasteiger partial charge < -0.3 is 9.13 Å². The van der Waals surface area contributed by atoms with E-state index in [1.165, 1.54) is 0 Å². The van der Waals surface area contributed by atoms with Gasteiger partial charge in [-0.2, -0.15) is 5.10 Å². The van der Waals surface area contributed by atoms with Crippen molar-refractivity contribution in [1.29, 1.82) is 0 Å². The zero-order valence-corrected chi connectivity index (χ0v) is 13.1. The molecule has 7 heteroatoms. The molecule has 116 valence electrons. The summed E-state index contributed by atoms with van der Waals surface area (Å²) in [5, 5.41) is 6.33. The third-order valence-corrected chi connectivity index (χ3v) is 3.92. The Bertz CT molecular complexity index is 916. The second kappa shape index (κ2) is 5.35. The molecule has 0 saturated heterocycles. The van der Waals surface area contributed by atoms with Crippen molar-refractivity contribution in [2.75, 3.05) is 7.05 Å². The summed E-state index contributed by atoms with van der Waals surface area (Å²) in [6.07, 6.45) is 10.4. The van der Waals surface area contributed by atoms with E-state index < -0.39 is 0 Å². The summed E-state index contributed by atoms with van der Waals surface area (Å²) in [7, 11) is 3.91. The number of imidazole rings is 2. The van der Waals surface area contributed by atoms with E-state index in [0.29, 0.717) is 6.54 Å². The topological polar surface area (TPSA) is 64.1 Å². The second-order valence-corrected chi connectivity index (χ2v) is 5.52. The fourth-order valence-electron chi connectivity index (χ4n) is 2.78. The van der Waals surface area contributed by atoms with Gasteiger partial charge in [-0.05, 0) is 12.1 Å². The van der Waals surface area contributed by atoms with Gasteiger partial charge in [0, 0.05) is 45.3 Å². The molecule has 0 saturated carbocycles. The van der Waals surface area contributed by atoms with Gasteiger partial charge in [0.1, 0.15) is 17.1 Å². The molecule has 0 fully saturated rings. The summed E-state index contributed by atoms with van der Waals surface area (Å²) in [5.74, 6) is 1.82. The van der Waals surface area contributed by atoms with Crippen LogP contribution in [0.2, 0.25) is 0 Å². The van der Waals surface area contributed by atoms with Crippen molar-refractivity contribution in [1.82, 2.24) is 29.1 Å². The zero-order chi connectivity index (χ0) is 15.8. The minimum absolute atomic E-state index is 0.634. The van der Waals surface area contributed by atoms with Gasteiger partial charge >= 0.3 is 0 Å². The van der Waals surface area contributed by atoms with Crippen LogP contribution in [0.15, 0.2) is 48.1 Å². The van der Waals surface area contributed by atoms with Crippen molar-refractivity contribution < 1.29 is 0 Å². The van der Waals surface area contributed by atoms with Gasteiger partial charge in [0.05, 0.1) is 6.54 Å². The lowest BCUT2D eigenvalue weighted by Gasteiger charge is -2.16. The van der Waals surface area contributed by atoms with Crippen LogP contribution in [0.1, 0.15) is 18.1 Å². The predicted octanol–water partition coefficient (Wildman–Crippen LogP) is 1.77. The number of allylic oxidation sites excluding steroid dienone is 1. The predicted molar refractivity (Wildman–Crippen MR) is 87.9 cm³/mol. The molecule has 0 N–H and O–H groups in total. The van der Waals surface area contributed by atoms with Crippen molar-refractivity contribution in [3.05, 3.63) is 54.6 Å². The molecule has 3 aromatic heterocycles. The Morgan fingerprint density at radius 2 is 2.09 bits per heavy atom. The number of rotatable bonds is 3. The highest BCUT2D eigenvalue weighted by atomic mass is 15.4. The van der Waals surface area contributed by atoms with Crippen LogP contribution in [0.25, 0.3) is 11.2 Å². The molecular weight excluding hydrogens is 290 g/mol. The first-order chi connectivity index (χ1) is 11.2. The molecule has 0 bridgehead atoms. The highest BCUT2D eigenvalue weighted by Crippen LogP contribution is 2.15. The fraction of sp³-hybridized carbons (Fsp3) is 0.250. The number of pyridine rings is 1. The Hall–Kier alpha value is -2.96. The first-order valence-electron chi connectivity index (χ1n) is 7.47. The highest BCUT2D eigenvalue weighted by Gasteiger charge is 2.15. The molecule has 0 aromatic carbocycles. The molecule has 1 aliphatic heterocycles. The van der Waals surface area contributed by atoms with Crippen LogP contribution >= 0.6 is 0 Å². The first kappa shape index (κ1) is 13.7. The first-order valence-corrected chi connectivity index (χ1v) is 7.47. The number of fused-ring (bicyclic) bond motifs is 1. The molecule has 1 aliphatic rings. The van der Waals surface area contributed by atoms with Gasteiger partial charge in [0.25, 0.3) is 0 Å². The largest absolute Gasteiger partial charge is 0.322 e. The maximum atomic E-state index is 4.68. The van der Waals surface area contributed by atoms with E-state index in [0.717, 1.165) is 34.9 Å². The van der Waals surface area contributed by atoms with Crippen LogP contribution in [0.4, 0.5) is 0 Å². The number of nitrogens with zero attached hydrogens (tertiary/aromatic N) is 7. The molecule has 4 rings (SSSR count). The summed E-state index contributed by atoms with van der Waals surface area (Å²) in [4.78, 5) is 13.5. The van der Waals surface area contributed by atoms with Crippen LogP contribution in [0.3, 0.4) is 0 Å². The third-order valence-electron chi connectivity index (χ3n) is 3.92. The molecule has 3 aromatic rings. The van der Waals surface area contributed by atoms with E-state index in [4.69, 9.17) is 0 Å². The van der Waals surface area contributed by atoms with Crippen LogP contribution in [-0.2, 0) is 13.6 Å². The Morgan fingerprint density at radius 1 is 1.17 bits per heavy atom. The fourth-order valence-corrected chi connectivity index (χ4v) is 2.78. The van der Waals surface area contributed by atoms with Gasteiger partial charge in [0.15, 0.2) is 11.5 Å². The van der Waals surface area contributed by atoms with E-state index in [1.807, 2.05) is 43.2 Å². The van der Waals surface area contributed by atoms with Gasteiger partial charge in [-0.1, -0.05) is 6.08 Å². The maximum absolute atomic E-state index is 4.68. The Balaban J connectivity index is 1.70. The highest BCUT2D eigenvalue weighted by molar-refractivity contribution is 5.98. The lowest BCUT2D eigenvalue weighted by Crippen LogP contribution is -2.18. The summed E-state index contributed by atoms with van der Waals surface area (Å²) < 4.78 is 4.10. The monoisotopic (exact) mass is 307 g/mol. The lowest BCUT2D eigenvalue weighted by atomic mass is 10.2. The molecule has 0 spiro atoms. The van der Waals surface area contributed by atoms with Crippen LogP contribution in [0, 0.1) is 0 Å². The summed E-state index contributed by atoms with van der Waals surface area (Å²) in [6, 6.07) is 3.88. The average molecular weight is 307 g/mol. The van der Waals surface area contributed by atoms with E-state index in [9.17, 15) is 0 Å². The number of hydrogen-bond acceptors (Lipinski definition) is 5. The third kappa shape index (κ3) is 2.40. The maximum Gasteiger partial charge on any atom is 0.159 e. The zero-order valence-electron chi connectivity index (χ0n) is 13.1. The number of hydrazone groups is 1. The van der Waals surface area contributed by atoms with Gasteiger partial charge in [-0.25, -0.2) is 15.0 Å². The lowest BCUT2D eigenvalue weighted by molar-refractivity contribution is 0.480. The quantitative estimate of drug-likeness (QED) is 0.740. The van der Waals surface area contributed by atoms with Crippen molar-refractivity contribution in [2.24, 2.45) is 12.1 Å². The molecule has 0 aliphatic carbocycles. The van der Waals surface area contributed by atoms with Gasteiger partial charge in [-0.3, -0.25) is 5.01 Å². The van der Waals surface area contributed by atoms with Crippen molar-refractivity contribution in [3.63, 3.8) is 0 Å². The summed E-state index contributed by atoms with van der Waals surface area (Å²) >= 11 is 0. The SMILES string of the molecule is CN1C=CCC(c2nccn2Cc2nc3cccnc3n2C)=N1. The van der Waals surface area contributed by atoms with E-state index in [1.54, 1.807) is 17.4 Å². The molecule has 4 heterocycles. The minimum atomic E-state index is 0.634. The summed E-state index contributed by atoms with van der Waals surface area (Å²) in [5.41, 5.74) is 2.75. The standard InChI is InChI=1S/C16H17N7/c1-21-9-4-6-13(20-21)16-18-8-10-23(16)11-14-19-12-5-3-7-17-15(12)22(14)2/h3-5,7-10H,6,11H2,1-2H3. The van der Waals surface area contributed by atoms with Crippen LogP contribution in [0.5, 0.6) is 0 Å². The Morgan fingerprint density at radius 3 is 2.91 bits per heavy atom. The average Bonchev–Trinajstić information content (AvgIpc) is 3.14. The van der Waals surface area contributed by atoms with E-state index in [2.05, 4.69) is 30.7 Å². The Labute approximate surface area is 133 Å². The summed E-state index contributed by atoms with van der Waals surface area (Å²) in [6.45, 7) is 0.634. The van der Waals surface area contributed by atoms with Crippen LogP contribution in [-0.4, -0.2) is 41.9 Å². The van der Waals surface area contributed by atoms with E-state index >= 15 is 0 Å². The van der Waals surface area contributed by atoms with Gasteiger partial charge in [0.2, 0.25) is 0 Å². The number of aromatic nitrogens is 5. The van der Waals surface area contributed by atoms with Crippen molar-refractivity contribution >= 4 is 16.9 Å². The molecule has 0 radical (unpaired) electrons. The molecular formula is C16H17N7. The second-order valence-electron chi connectivity index (χ2n) is 5.52. The normalized spacial score (nSPS) is 14.5. The van der Waals surface area contributed by atoms with E-state index in [-0.39, 0.29) is 0 Å². The Kier molecular flexibility index (Phi) is 3.18. The number of hydrogen-bond donors (Lipinski definition) is 0. The van der Waals surface area contributed by atoms with Crippen LogP contribution < -0.4 is 0 Å². The van der Waals surface area contributed by atoms with Gasteiger partial charge in [-0.15, -0.1) is 0 Å². The van der Waals surface area contributed by atoms with Crippen molar-refractivity contribution in [3.8, 4) is 0 Å². The molecule has 7 nitrogen and oxygen atoms in total. The number of aryl methyl sites for hydroxylation is 1. The van der Waals surface area contributed by atoms with Crippen molar-refractivity contribution in [2.45, 2.75) is 13.0 Å². The molecule has 0 amide bonds. The minimum Gasteiger partial charge on any atom is -0.322 e. The molecule has 0 atom stereocenters. The smallest absolute Gasteiger partial charge is 0.159 e.